The number of nitrogens with zero attached hydrogens (tertiary/aromatic N) is 1. The van der Waals surface area contributed by atoms with Crippen LogP contribution in [-0.4, -0.2) is 38.2 Å². The number of piperidine rings is 1. The summed E-state index contributed by atoms with van der Waals surface area (Å²) in [6.07, 6.45) is 2.55. The van der Waals surface area contributed by atoms with Gasteiger partial charge in [-0.05, 0) is 50.2 Å². The Kier molecular flexibility index (Phi) is 5.03. The van der Waals surface area contributed by atoms with Gasteiger partial charge in [0.2, 0.25) is 0 Å². The zero-order chi connectivity index (χ0) is 13.0. The van der Waals surface area contributed by atoms with E-state index in [1.165, 1.54) is 18.4 Å². The van der Waals surface area contributed by atoms with E-state index in [0.717, 1.165) is 29.9 Å². The van der Waals surface area contributed by atoms with E-state index >= 15 is 0 Å². The minimum Gasteiger partial charge on any atom is -0.497 e. The average molecular weight is 313 g/mol. The van der Waals surface area contributed by atoms with Crippen LogP contribution < -0.4 is 10.1 Å². The van der Waals surface area contributed by atoms with Gasteiger partial charge in [0.15, 0.2) is 0 Å². The molecule has 1 aromatic carbocycles. The smallest absolute Gasteiger partial charge is 0.119 e. The molecule has 0 radical (unpaired) electrons. The van der Waals surface area contributed by atoms with Crippen molar-refractivity contribution in [3.8, 4) is 5.75 Å². The molecule has 3 nitrogen and oxygen atoms in total. The summed E-state index contributed by atoms with van der Waals surface area (Å²) < 4.78 is 6.44. The Labute approximate surface area is 118 Å². The molecular formula is C14H21BrN2O. The van der Waals surface area contributed by atoms with Crippen LogP contribution in [0.1, 0.15) is 18.4 Å². The van der Waals surface area contributed by atoms with E-state index in [2.05, 4.69) is 45.3 Å². The molecule has 0 saturated carbocycles. The molecular weight excluding hydrogens is 292 g/mol. The fraction of sp³-hybridized carbons (Fsp3) is 0.571. The van der Waals surface area contributed by atoms with Crippen molar-refractivity contribution in [1.29, 1.82) is 0 Å². The number of ether oxygens (including phenoxy) is 1. The van der Waals surface area contributed by atoms with Crippen LogP contribution >= 0.6 is 15.9 Å². The number of halogens is 1. The second kappa shape index (κ2) is 6.55. The monoisotopic (exact) mass is 312 g/mol. The molecule has 0 aromatic heterocycles. The topological polar surface area (TPSA) is 24.5 Å². The summed E-state index contributed by atoms with van der Waals surface area (Å²) in [7, 11) is 3.91. The third-order valence-corrected chi connectivity index (χ3v) is 4.34. The number of methoxy groups -OCH3 is 1. The lowest BCUT2D eigenvalue weighted by Gasteiger charge is -2.32. The van der Waals surface area contributed by atoms with Crippen molar-refractivity contribution in [3.63, 3.8) is 0 Å². The first kappa shape index (κ1) is 13.8. The summed E-state index contributed by atoms with van der Waals surface area (Å²) in [5.74, 6) is 0.920. The van der Waals surface area contributed by atoms with Gasteiger partial charge in [-0.15, -0.1) is 0 Å². The van der Waals surface area contributed by atoms with Crippen LogP contribution in [0.2, 0.25) is 0 Å². The Morgan fingerprint density at radius 2 is 2.33 bits per heavy atom. The van der Waals surface area contributed by atoms with Crippen molar-refractivity contribution in [2.24, 2.45) is 0 Å². The summed E-state index contributed by atoms with van der Waals surface area (Å²) in [4.78, 5) is 2.42. The highest BCUT2D eigenvalue weighted by Crippen LogP contribution is 2.24. The molecule has 18 heavy (non-hydrogen) atoms. The molecule has 1 fully saturated rings. The van der Waals surface area contributed by atoms with E-state index in [1.807, 2.05) is 6.07 Å². The van der Waals surface area contributed by atoms with E-state index in [4.69, 9.17) is 4.74 Å². The van der Waals surface area contributed by atoms with Gasteiger partial charge in [-0.3, -0.25) is 4.90 Å². The first-order chi connectivity index (χ1) is 8.70. The van der Waals surface area contributed by atoms with Gasteiger partial charge in [0.25, 0.3) is 0 Å². The van der Waals surface area contributed by atoms with Crippen LogP contribution in [-0.2, 0) is 6.54 Å². The molecule has 0 amide bonds. The van der Waals surface area contributed by atoms with Crippen molar-refractivity contribution in [3.05, 3.63) is 28.2 Å². The molecule has 1 atom stereocenters. The van der Waals surface area contributed by atoms with Gasteiger partial charge < -0.3 is 10.1 Å². The maximum absolute atomic E-state index is 5.29. The van der Waals surface area contributed by atoms with Crippen molar-refractivity contribution < 1.29 is 4.74 Å². The molecule has 1 aliphatic heterocycles. The predicted octanol–water partition coefficient (Wildman–Crippen LogP) is 2.64. The maximum Gasteiger partial charge on any atom is 0.119 e. The lowest BCUT2D eigenvalue weighted by Crippen LogP contribution is -2.43. The maximum atomic E-state index is 5.29. The van der Waals surface area contributed by atoms with Crippen LogP contribution in [0.3, 0.4) is 0 Å². The van der Waals surface area contributed by atoms with Crippen molar-refractivity contribution in [2.45, 2.75) is 25.4 Å². The zero-order valence-electron chi connectivity index (χ0n) is 11.1. The molecule has 1 aromatic rings. The molecule has 1 N–H and O–H groups in total. The fourth-order valence-electron chi connectivity index (χ4n) is 2.41. The highest BCUT2D eigenvalue weighted by Gasteiger charge is 2.18. The van der Waals surface area contributed by atoms with Crippen LogP contribution in [0.4, 0.5) is 0 Å². The van der Waals surface area contributed by atoms with Gasteiger partial charge in [-0.25, -0.2) is 0 Å². The van der Waals surface area contributed by atoms with Crippen LogP contribution in [0, 0.1) is 0 Å². The van der Waals surface area contributed by atoms with E-state index < -0.39 is 0 Å². The molecule has 1 aliphatic rings. The molecule has 0 aliphatic carbocycles. The lowest BCUT2D eigenvalue weighted by molar-refractivity contribution is 0.195. The highest BCUT2D eigenvalue weighted by molar-refractivity contribution is 9.10. The van der Waals surface area contributed by atoms with Gasteiger partial charge in [0.1, 0.15) is 5.75 Å². The number of hydrogen-bond donors (Lipinski definition) is 1. The minimum absolute atomic E-state index is 0.636. The number of benzene rings is 1. The fourth-order valence-corrected chi connectivity index (χ4v) is 2.78. The molecule has 0 bridgehead atoms. The first-order valence-electron chi connectivity index (χ1n) is 6.44. The van der Waals surface area contributed by atoms with E-state index in [0.29, 0.717) is 6.04 Å². The van der Waals surface area contributed by atoms with Gasteiger partial charge in [-0.2, -0.15) is 0 Å². The van der Waals surface area contributed by atoms with Gasteiger partial charge in [0.05, 0.1) is 7.11 Å². The molecule has 0 spiro atoms. The summed E-state index contributed by atoms with van der Waals surface area (Å²) in [5.41, 5.74) is 1.28. The van der Waals surface area contributed by atoms with Crippen molar-refractivity contribution >= 4 is 15.9 Å². The van der Waals surface area contributed by atoms with Gasteiger partial charge in [0, 0.05) is 23.6 Å². The van der Waals surface area contributed by atoms with E-state index in [1.54, 1.807) is 7.11 Å². The number of hydrogen-bond acceptors (Lipinski definition) is 3. The summed E-state index contributed by atoms with van der Waals surface area (Å²) in [5, 5.41) is 3.46. The van der Waals surface area contributed by atoms with E-state index in [9.17, 15) is 0 Å². The molecule has 2 rings (SSSR count). The quantitative estimate of drug-likeness (QED) is 0.925. The van der Waals surface area contributed by atoms with Crippen LogP contribution in [0.25, 0.3) is 0 Å². The molecule has 1 heterocycles. The Morgan fingerprint density at radius 1 is 1.50 bits per heavy atom. The summed E-state index contributed by atoms with van der Waals surface area (Å²) >= 11 is 3.61. The lowest BCUT2D eigenvalue weighted by atomic mass is 10.1. The summed E-state index contributed by atoms with van der Waals surface area (Å²) in [6.45, 7) is 3.20. The van der Waals surface area contributed by atoms with Crippen molar-refractivity contribution in [1.82, 2.24) is 10.2 Å². The third kappa shape index (κ3) is 3.46. The SMILES string of the molecule is COc1ccc(Br)c(CN(C)C2CCCNC2)c1. The normalized spacial score (nSPS) is 20.1. The number of nitrogens with one attached hydrogen (secondary N) is 1. The van der Waals surface area contributed by atoms with Crippen LogP contribution in [0.5, 0.6) is 5.75 Å². The van der Waals surface area contributed by atoms with Gasteiger partial charge >= 0.3 is 0 Å². The number of likely N-dealkylation sites (N-methyl/N-ethyl adjacent to an activating group) is 1. The number of rotatable bonds is 4. The Hall–Kier alpha value is -0.580. The predicted molar refractivity (Wildman–Crippen MR) is 78.1 cm³/mol. The molecule has 4 heteroatoms. The molecule has 1 saturated heterocycles. The summed E-state index contributed by atoms with van der Waals surface area (Å²) in [6, 6.07) is 6.78. The standard InChI is InChI=1S/C14H21BrN2O/c1-17(12-4-3-7-16-9-12)10-11-8-13(18-2)5-6-14(11)15/h5-6,8,12,16H,3-4,7,9-10H2,1-2H3. The largest absolute Gasteiger partial charge is 0.497 e. The zero-order valence-corrected chi connectivity index (χ0v) is 12.7. The molecule has 100 valence electrons. The third-order valence-electron chi connectivity index (χ3n) is 3.57. The molecule has 1 unspecified atom stereocenters. The average Bonchev–Trinajstić information content (AvgIpc) is 2.42. The highest BCUT2D eigenvalue weighted by atomic mass is 79.9. The Bertz CT molecular complexity index is 391. The second-order valence-electron chi connectivity index (χ2n) is 4.87. The Morgan fingerprint density at radius 3 is 3.00 bits per heavy atom. The van der Waals surface area contributed by atoms with E-state index in [-0.39, 0.29) is 0 Å². The van der Waals surface area contributed by atoms with Gasteiger partial charge in [-0.1, -0.05) is 15.9 Å². The Balaban J connectivity index is 2.03. The minimum atomic E-state index is 0.636. The second-order valence-corrected chi connectivity index (χ2v) is 5.73. The van der Waals surface area contributed by atoms with Crippen molar-refractivity contribution in [2.75, 3.05) is 27.2 Å². The first-order valence-corrected chi connectivity index (χ1v) is 7.23. The van der Waals surface area contributed by atoms with Crippen LogP contribution in [0.15, 0.2) is 22.7 Å².